The third-order valence-electron chi connectivity index (χ3n) is 3.00. The Bertz CT molecular complexity index is 529. The molecule has 0 aromatic carbocycles. The van der Waals surface area contributed by atoms with Crippen LogP contribution in [-0.4, -0.2) is 25.0 Å². The highest BCUT2D eigenvalue weighted by Gasteiger charge is 2.28. The molecule has 1 aromatic rings. The van der Waals surface area contributed by atoms with Crippen molar-refractivity contribution in [1.82, 2.24) is 4.72 Å². The van der Waals surface area contributed by atoms with E-state index in [1.54, 1.807) is 0 Å². The average molecular weight is 291 g/mol. The summed E-state index contributed by atoms with van der Waals surface area (Å²) >= 11 is 0.760. The molecule has 5 nitrogen and oxygen atoms in total. The summed E-state index contributed by atoms with van der Waals surface area (Å²) in [6.45, 7) is 5.64. The first-order valence-corrected chi connectivity index (χ1v) is 7.91. The Kier molecular flexibility index (Phi) is 4.52. The third kappa shape index (κ3) is 3.30. The van der Waals surface area contributed by atoms with Crippen LogP contribution in [0.5, 0.6) is 0 Å². The van der Waals surface area contributed by atoms with E-state index in [0.29, 0.717) is 12.8 Å². The van der Waals surface area contributed by atoms with Gasteiger partial charge in [-0.2, -0.15) is 0 Å². The van der Waals surface area contributed by atoms with E-state index in [0.717, 1.165) is 11.3 Å². The van der Waals surface area contributed by atoms with Crippen molar-refractivity contribution in [3.05, 3.63) is 17.0 Å². The van der Waals surface area contributed by atoms with Gasteiger partial charge in [0.15, 0.2) is 0 Å². The minimum absolute atomic E-state index is 0.0186. The summed E-state index contributed by atoms with van der Waals surface area (Å²) in [6.07, 6.45) is 1.33. The molecule has 1 heterocycles. The molecular weight excluding hydrogens is 274 g/mol. The van der Waals surface area contributed by atoms with Gasteiger partial charge in [0.1, 0.15) is 9.09 Å². The summed E-state index contributed by atoms with van der Waals surface area (Å²) in [5.74, 6) is -1.12. The fourth-order valence-electron chi connectivity index (χ4n) is 1.35. The molecule has 0 amide bonds. The van der Waals surface area contributed by atoms with Gasteiger partial charge in [-0.15, -0.1) is 11.3 Å². The highest BCUT2D eigenvalue weighted by atomic mass is 32.2. The van der Waals surface area contributed by atoms with E-state index in [-0.39, 0.29) is 9.09 Å². The van der Waals surface area contributed by atoms with Crippen LogP contribution in [0, 0.1) is 0 Å². The van der Waals surface area contributed by atoms with Crippen LogP contribution in [0.15, 0.2) is 16.3 Å². The van der Waals surface area contributed by atoms with Crippen LogP contribution in [-0.2, 0) is 10.0 Å². The first kappa shape index (κ1) is 15.1. The van der Waals surface area contributed by atoms with Gasteiger partial charge in [0.05, 0.1) is 0 Å². The Labute approximate surface area is 111 Å². The maximum Gasteiger partial charge on any atom is 0.345 e. The number of aromatic carboxylic acids is 1. The van der Waals surface area contributed by atoms with Gasteiger partial charge in [-0.1, -0.05) is 13.8 Å². The van der Waals surface area contributed by atoms with Crippen LogP contribution in [0.4, 0.5) is 0 Å². The monoisotopic (exact) mass is 291 g/mol. The second-order valence-corrected chi connectivity index (χ2v) is 7.29. The predicted molar refractivity (Wildman–Crippen MR) is 70.6 cm³/mol. The van der Waals surface area contributed by atoms with Crippen molar-refractivity contribution >= 4 is 27.3 Å². The number of nitrogens with one attached hydrogen (secondary N) is 1. The van der Waals surface area contributed by atoms with Gasteiger partial charge in [0, 0.05) is 5.54 Å². The highest BCUT2D eigenvalue weighted by molar-refractivity contribution is 7.91. The Hall–Kier alpha value is -0.920. The molecule has 1 rings (SSSR count). The fraction of sp³-hybridized carbons (Fsp3) is 0.545. The van der Waals surface area contributed by atoms with E-state index in [1.807, 2.05) is 20.8 Å². The van der Waals surface area contributed by atoms with Gasteiger partial charge in [0.25, 0.3) is 10.0 Å². The lowest BCUT2D eigenvalue weighted by molar-refractivity contribution is 0.0702. The first-order chi connectivity index (χ1) is 8.24. The SMILES string of the molecule is CCC(C)(CC)NS(=O)(=O)c1ccc(C(=O)O)s1. The number of thiophene rings is 1. The van der Waals surface area contributed by atoms with E-state index >= 15 is 0 Å². The molecule has 102 valence electrons. The minimum atomic E-state index is -3.65. The van der Waals surface area contributed by atoms with E-state index < -0.39 is 21.5 Å². The second kappa shape index (κ2) is 5.38. The molecule has 7 heteroatoms. The summed E-state index contributed by atoms with van der Waals surface area (Å²) in [7, 11) is -3.65. The molecule has 0 spiro atoms. The standard InChI is InChI=1S/C11H17NO4S2/c1-4-11(3,5-2)12-18(15,16)9-7-6-8(17-9)10(13)14/h6-7,12H,4-5H2,1-3H3,(H,13,14). The third-order valence-corrected chi connectivity index (χ3v) is 6.20. The van der Waals surface area contributed by atoms with Crippen LogP contribution in [0.3, 0.4) is 0 Å². The van der Waals surface area contributed by atoms with Crippen LogP contribution in [0.2, 0.25) is 0 Å². The summed E-state index contributed by atoms with van der Waals surface area (Å²) < 4.78 is 26.9. The average Bonchev–Trinajstić information content (AvgIpc) is 2.78. The molecule has 0 radical (unpaired) electrons. The number of hydrogen-bond acceptors (Lipinski definition) is 4. The quantitative estimate of drug-likeness (QED) is 0.842. The van der Waals surface area contributed by atoms with Crippen molar-refractivity contribution in [3.63, 3.8) is 0 Å². The van der Waals surface area contributed by atoms with Gasteiger partial charge in [-0.25, -0.2) is 17.9 Å². The predicted octanol–water partition coefficient (Wildman–Crippen LogP) is 2.30. The molecule has 18 heavy (non-hydrogen) atoms. The number of sulfonamides is 1. The Morgan fingerprint density at radius 3 is 2.33 bits per heavy atom. The Morgan fingerprint density at radius 2 is 1.94 bits per heavy atom. The number of carboxylic acid groups (broad SMARTS) is 1. The van der Waals surface area contributed by atoms with Gasteiger partial charge < -0.3 is 5.11 Å². The zero-order valence-electron chi connectivity index (χ0n) is 10.6. The summed E-state index contributed by atoms with van der Waals surface area (Å²) in [4.78, 5) is 10.8. The number of carboxylic acids is 1. The van der Waals surface area contributed by atoms with Crippen molar-refractivity contribution in [2.45, 2.75) is 43.4 Å². The molecule has 0 saturated heterocycles. The topological polar surface area (TPSA) is 83.5 Å². The molecule has 0 aliphatic rings. The van der Waals surface area contributed by atoms with E-state index in [2.05, 4.69) is 4.72 Å². The van der Waals surface area contributed by atoms with Crippen molar-refractivity contribution in [2.24, 2.45) is 0 Å². The zero-order chi connectivity index (χ0) is 14.0. The van der Waals surface area contributed by atoms with Crippen molar-refractivity contribution < 1.29 is 18.3 Å². The van der Waals surface area contributed by atoms with Crippen molar-refractivity contribution in [3.8, 4) is 0 Å². The molecule has 0 atom stereocenters. The lowest BCUT2D eigenvalue weighted by atomic mass is 9.98. The normalized spacial score (nSPS) is 12.6. The van der Waals surface area contributed by atoms with Crippen LogP contribution < -0.4 is 4.72 Å². The fourth-order valence-corrected chi connectivity index (χ4v) is 4.04. The van der Waals surface area contributed by atoms with Crippen LogP contribution >= 0.6 is 11.3 Å². The number of rotatable bonds is 6. The first-order valence-electron chi connectivity index (χ1n) is 5.61. The van der Waals surface area contributed by atoms with E-state index in [1.165, 1.54) is 12.1 Å². The van der Waals surface area contributed by atoms with Gasteiger partial charge in [-0.3, -0.25) is 0 Å². The molecule has 1 aromatic heterocycles. The van der Waals surface area contributed by atoms with Crippen LogP contribution in [0.1, 0.15) is 43.3 Å². The summed E-state index contributed by atoms with van der Waals surface area (Å²) in [6, 6.07) is 2.62. The molecular formula is C11H17NO4S2. The van der Waals surface area contributed by atoms with Crippen molar-refractivity contribution in [1.29, 1.82) is 0 Å². The van der Waals surface area contributed by atoms with E-state index in [4.69, 9.17) is 5.11 Å². The van der Waals surface area contributed by atoms with Gasteiger partial charge in [-0.05, 0) is 31.9 Å². The Balaban J connectivity index is 3.03. The second-order valence-electron chi connectivity index (χ2n) is 4.30. The summed E-state index contributed by atoms with van der Waals surface area (Å²) in [5.41, 5.74) is -0.508. The molecule has 2 N–H and O–H groups in total. The van der Waals surface area contributed by atoms with Crippen molar-refractivity contribution in [2.75, 3.05) is 0 Å². The van der Waals surface area contributed by atoms with Gasteiger partial charge in [0.2, 0.25) is 0 Å². The molecule has 0 aliphatic heterocycles. The minimum Gasteiger partial charge on any atom is -0.477 e. The smallest absolute Gasteiger partial charge is 0.345 e. The molecule has 0 fully saturated rings. The lowest BCUT2D eigenvalue weighted by Crippen LogP contribution is -2.44. The lowest BCUT2D eigenvalue weighted by Gasteiger charge is -2.27. The van der Waals surface area contributed by atoms with E-state index in [9.17, 15) is 13.2 Å². The van der Waals surface area contributed by atoms with Gasteiger partial charge >= 0.3 is 5.97 Å². The molecule has 0 aliphatic carbocycles. The molecule has 0 saturated carbocycles. The maximum atomic E-state index is 12.1. The van der Waals surface area contributed by atoms with Crippen LogP contribution in [0.25, 0.3) is 0 Å². The largest absolute Gasteiger partial charge is 0.477 e. The number of carbonyl (C=O) groups is 1. The highest BCUT2D eigenvalue weighted by Crippen LogP contribution is 2.24. The maximum absolute atomic E-state index is 12.1. The zero-order valence-corrected chi connectivity index (χ0v) is 12.2. The number of hydrogen-bond donors (Lipinski definition) is 2. The molecule has 0 unspecified atom stereocenters. The Morgan fingerprint density at radius 1 is 1.39 bits per heavy atom. The summed E-state index contributed by atoms with van der Waals surface area (Å²) in [5, 5.41) is 8.78. The molecule has 0 bridgehead atoms.